The summed E-state index contributed by atoms with van der Waals surface area (Å²) in [4.78, 5) is 25.4. The quantitative estimate of drug-likeness (QED) is 0.430. The van der Waals surface area contributed by atoms with E-state index in [4.69, 9.17) is 18.6 Å². The molecule has 3 heterocycles. The Morgan fingerprint density at radius 1 is 1.12 bits per heavy atom. The Bertz CT molecular complexity index is 1400. The van der Waals surface area contributed by atoms with Gasteiger partial charge in [-0.3, -0.25) is 9.59 Å². The van der Waals surface area contributed by atoms with Crippen molar-refractivity contribution in [1.29, 1.82) is 0 Å². The molecule has 0 bridgehead atoms. The van der Waals surface area contributed by atoms with E-state index in [0.717, 1.165) is 0 Å². The van der Waals surface area contributed by atoms with Crippen LogP contribution in [0.5, 0.6) is 23.0 Å². The molecule has 10 heteroatoms. The zero-order chi connectivity index (χ0) is 23.5. The Morgan fingerprint density at radius 2 is 2.00 bits per heavy atom. The fourth-order valence-electron chi connectivity index (χ4n) is 3.35. The van der Waals surface area contributed by atoms with Crippen molar-refractivity contribution >= 4 is 17.3 Å². The third kappa shape index (κ3) is 4.42. The van der Waals surface area contributed by atoms with Gasteiger partial charge in [-0.1, -0.05) is 6.07 Å². The number of nitrogens with zero attached hydrogens (tertiary/aromatic N) is 2. The summed E-state index contributed by atoms with van der Waals surface area (Å²) in [7, 11) is 1.54. The SMILES string of the molecule is Cn1ncc(Oc2ccc3c(c2)OCO3)c(Nc2cccc(C(=O)NCc3ccco3)c2)c1=O. The number of aryl methyl sites for hydroxylation is 1. The van der Waals surface area contributed by atoms with E-state index in [1.807, 2.05) is 0 Å². The number of rotatable bonds is 7. The summed E-state index contributed by atoms with van der Waals surface area (Å²) in [6, 6.07) is 15.4. The first-order chi connectivity index (χ1) is 16.6. The number of anilines is 2. The van der Waals surface area contributed by atoms with Gasteiger partial charge in [-0.15, -0.1) is 0 Å². The van der Waals surface area contributed by atoms with Crippen LogP contribution in [0.2, 0.25) is 0 Å². The van der Waals surface area contributed by atoms with E-state index < -0.39 is 5.56 Å². The highest BCUT2D eigenvalue weighted by Crippen LogP contribution is 2.37. The van der Waals surface area contributed by atoms with Gasteiger partial charge in [-0.05, 0) is 42.5 Å². The molecular weight excluding hydrogens is 440 g/mol. The summed E-state index contributed by atoms with van der Waals surface area (Å²) >= 11 is 0. The first kappa shape index (κ1) is 21.1. The fourth-order valence-corrected chi connectivity index (χ4v) is 3.35. The highest BCUT2D eigenvalue weighted by molar-refractivity contribution is 5.95. The van der Waals surface area contributed by atoms with Crippen LogP contribution in [0.4, 0.5) is 11.4 Å². The van der Waals surface area contributed by atoms with Crippen LogP contribution in [0.3, 0.4) is 0 Å². The molecule has 0 atom stereocenters. The molecule has 2 aromatic heterocycles. The lowest BCUT2D eigenvalue weighted by molar-refractivity contribution is 0.0948. The zero-order valence-corrected chi connectivity index (χ0v) is 18.1. The molecule has 2 aromatic carbocycles. The van der Waals surface area contributed by atoms with Crippen molar-refractivity contribution in [2.24, 2.45) is 7.05 Å². The van der Waals surface area contributed by atoms with E-state index in [9.17, 15) is 9.59 Å². The second-order valence-electron chi connectivity index (χ2n) is 7.40. The number of furan rings is 1. The van der Waals surface area contributed by atoms with Crippen LogP contribution in [0.15, 0.2) is 76.3 Å². The van der Waals surface area contributed by atoms with Crippen LogP contribution in [0.1, 0.15) is 16.1 Å². The number of carbonyl (C=O) groups excluding carboxylic acids is 1. The minimum Gasteiger partial charge on any atom is -0.467 e. The third-order valence-electron chi connectivity index (χ3n) is 5.07. The van der Waals surface area contributed by atoms with Gasteiger partial charge in [0.05, 0.1) is 19.0 Å². The van der Waals surface area contributed by atoms with Gasteiger partial charge in [0.1, 0.15) is 11.5 Å². The normalized spacial score (nSPS) is 11.8. The van der Waals surface area contributed by atoms with Gasteiger partial charge in [0.2, 0.25) is 6.79 Å². The van der Waals surface area contributed by atoms with E-state index in [-0.39, 0.29) is 30.7 Å². The monoisotopic (exact) mass is 460 g/mol. The van der Waals surface area contributed by atoms with E-state index in [1.54, 1.807) is 60.9 Å². The molecule has 1 aliphatic rings. The van der Waals surface area contributed by atoms with Gasteiger partial charge in [0, 0.05) is 24.4 Å². The van der Waals surface area contributed by atoms with Crippen molar-refractivity contribution < 1.29 is 23.4 Å². The average molecular weight is 460 g/mol. The number of carbonyl (C=O) groups is 1. The lowest BCUT2D eigenvalue weighted by Gasteiger charge is -2.14. The molecule has 0 aliphatic carbocycles. The fraction of sp³-hybridized carbons (Fsp3) is 0.125. The van der Waals surface area contributed by atoms with Gasteiger partial charge in [-0.25, -0.2) is 4.68 Å². The van der Waals surface area contributed by atoms with Crippen LogP contribution in [-0.4, -0.2) is 22.5 Å². The number of fused-ring (bicyclic) bond motifs is 1. The standard InChI is InChI=1S/C24H20N4O6/c1-28-24(30)22(21(13-26-28)34-17-7-8-19-20(11-17)33-14-32-19)27-16-5-2-4-15(10-16)23(29)25-12-18-6-3-9-31-18/h2-11,13,27H,12,14H2,1H3,(H,25,29). The molecule has 5 rings (SSSR count). The van der Waals surface area contributed by atoms with Crippen LogP contribution in [-0.2, 0) is 13.6 Å². The zero-order valence-electron chi connectivity index (χ0n) is 18.1. The van der Waals surface area contributed by atoms with Crippen LogP contribution >= 0.6 is 0 Å². The molecule has 172 valence electrons. The number of ether oxygens (including phenoxy) is 3. The molecule has 0 saturated heterocycles. The summed E-state index contributed by atoms with van der Waals surface area (Å²) in [5.41, 5.74) is 0.722. The number of aromatic nitrogens is 2. The molecule has 1 aliphatic heterocycles. The van der Waals surface area contributed by atoms with Gasteiger partial charge in [0.25, 0.3) is 11.5 Å². The van der Waals surface area contributed by atoms with E-state index in [1.165, 1.54) is 17.9 Å². The summed E-state index contributed by atoms with van der Waals surface area (Å²) in [6.45, 7) is 0.409. The summed E-state index contributed by atoms with van der Waals surface area (Å²) < 4.78 is 23.1. The summed E-state index contributed by atoms with van der Waals surface area (Å²) in [5, 5.41) is 9.92. The molecule has 1 amide bonds. The smallest absolute Gasteiger partial charge is 0.294 e. The van der Waals surface area contributed by atoms with Crippen molar-refractivity contribution in [2.75, 3.05) is 12.1 Å². The van der Waals surface area contributed by atoms with Gasteiger partial charge >= 0.3 is 0 Å². The molecule has 10 nitrogen and oxygen atoms in total. The molecule has 0 spiro atoms. The van der Waals surface area contributed by atoms with Crippen molar-refractivity contribution in [3.63, 3.8) is 0 Å². The van der Waals surface area contributed by atoms with E-state index >= 15 is 0 Å². The van der Waals surface area contributed by atoms with Crippen LogP contribution in [0.25, 0.3) is 0 Å². The number of hydrogen-bond acceptors (Lipinski definition) is 8. The molecule has 34 heavy (non-hydrogen) atoms. The molecule has 0 fully saturated rings. The van der Waals surface area contributed by atoms with E-state index in [0.29, 0.717) is 34.3 Å². The van der Waals surface area contributed by atoms with Crippen molar-refractivity contribution in [3.05, 3.63) is 88.7 Å². The molecular formula is C24H20N4O6. The molecule has 0 saturated carbocycles. The predicted molar refractivity (Wildman–Crippen MR) is 122 cm³/mol. The van der Waals surface area contributed by atoms with Crippen LogP contribution in [0, 0.1) is 0 Å². The largest absolute Gasteiger partial charge is 0.467 e. The Morgan fingerprint density at radius 3 is 2.85 bits per heavy atom. The first-order valence-corrected chi connectivity index (χ1v) is 10.4. The Labute approximate surface area is 193 Å². The Balaban J connectivity index is 1.37. The Kier molecular flexibility index (Phi) is 5.61. The summed E-state index contributed by atoms with van der Waals surface area (Å²) in [5.74, 6) is 2.21. The molecule has 4 aromatic rings. The maximum absolute atomic E-state index is 12.8. The lowest BCUT2D eigenvalue weighted by atomic mass is 10.2. The maximum Gasteiger partial charge on any atom is 0.294 e. The van der Waals surface area contributed by atoms with Gasteiger partial charge in [0.15, 0.2) is 22.9 Å². The topological polar surface area (TPSA) is 117 Å². The number of hydrogen-bond donors (Lipinski definition) is 2. The third-order valence-corrected chi connectivity index (χ3v) is 5.07. The number of nitrogens with one attached hydrogen (secondary N) is 2. The highest BCUT2D eigenvalue weighted by Gasteiger charge is 2.17. The van der Waals surface area contributed by atoms with Crippen molar-refractivity contribution in [3.8, 4) is 23.0 Å². The Hall–Kier alpha value is -4.73. The van der Waals surface area contributed by atoms with Gasteiger partial charge < -0.3 is 29.3 Å². The molecule has 2 N–H and O–H groups in total. The van der Waals surface area contributed by atoms with Crippen LogP contribution < -0.4 is 30.4 Å². The number of amides is 1. The number of benzene rings is 2. The average Bonchev–Trinajstić information content (AvgIpc) is 3.54. The maximum atomic E-state index is 12.8. The predicted octanol–water partition coefficient (Wildman–Crippen LogP) is 3.57. The lowest BCUT2D eigenvalue weighted by Crippen LogP contribution is -2.23. The second kappa shape index (κ2) is 9.02. The van der Waals surface area contributed by atoms with Crippen molar-refractivity contribution in [1.82, 2.24) is 15.1 Å². The highest BCUT2D eigenvalue weighted by atomic mass is 16.7. The minimum absolute atomic E-state index is 0.143. The van der Waals surface area contributed by atoms with Gasteiger partial charge in [-0.2, -0.15) is 5.10 Å². The first-order valence-electron chi connectivity index (χ1n) is 10.4. The minimum atomic E-state index is -0.397. The molecule has 0 radical (unpaired) electrons. The molecule has 0 unspecified atom stereocenters. The second-order valence-corrected chi connectivity index (χ2v) is 7.40. The van der Waals surface area contributed by atoms with Crippen molar-refractivity contribution in [2.45, 2.75) is 6.54 Å². The van der Waals surface area contributed by atoms with E-state index in [2.05, 4.69) is 15.7 Å². The summed E-state index contributed by atoms with van der Waals surface area (Å²) in [6.07, 6.45) is 2.98.